The van der Waals surface area contributed by atoms with Crippen LogP contribution in [0.5, 0.6) is 5.75 Å². The Morgan fingerprint density at radius 3 is 2.00 bits per heavy atom. The molecule has 5 aromatic rings. The summed E-state index contributed by atoms with van der Waals surface area (Å²) in [4.78, 5) is 3.54. The van der Waals surface area contributed by atoms with Crippen LogP contribution < -0.4 is 4.74 Å². The first-order chi connectivity index (χ1) is 20.4. The van der Waals surface area contributed by atoms with Gasteiger partial charge in [-0.05, 0) is 89.3 Å². The molecule has 0 fully saturated rings. The van der Waals surface area contributed by atoms with Gasteiger partial charge in [-0.3, -0.25) is 8.74 Å². The highest BCUT2D eigenvalue weighted by Gasteiger charge is 2.14. The molecule has 1 heterocycles. The first-order valence-corrected chi connectivity index (χ1v) is 17.0. The zero-order valence-electron chi connectivity index (χ0n) is 23.7. The molecule has 0 saturated carbocycles. The number of ether oxygens (including phenoxy) is 1. The number of aryl methyl sites for hydroxylation is 2. The number of H-pyrrole nitrogens is 1. The summed E-state index contributed by atoms with van der Waals surface area (Å²) in [7, 11) is -7.76. The number of halogens is 1. The maximum atomic E-state index is 12.2. The predicted octanol–water partition coefficient (Wildman–Crippen LogP) is 7.25. The lowest BCUT2D eigenvalue weighted by Gasteiger charge is -2.10. The molecule has 0 saturated heterocycles. The van der Waals surface area contributed by atoms with Crippen LogP contribution in [0.3, 0.4) is 0 Å². The van der Waals surface area contributed by atoms with E-state index < -0.39 is 20.2 Å². The second-order valence-corrected chi connectivity index (χ2v) is 13.8. The highest BCUT2D eigenvalue weighted by molar-refractivity contribution is 9.10. The molecular weight excluding hydrogens is 654 g/mol. The van der Waals surface area contributed by atoms with Gasteiger partial charge in [0.05, 0.1) is 27.5 Å². The molecule has 43 heavy (non-hydrogen) atoms. The van der Waals surface area contributed by atoms with Crippen LogP contribution in [-0.4, -0.2) is 39.6 Å². The van der Waals surface area contributed by atoms with Crippen molar-refractivity contribution in [1.82, 2.24) is 4.98 Å². The van der Waals surface area contributed by atoms with Crippen LogP contribution in [0.25, 0.3) is 10.9 Å². The van der Waals surface area contributed by atoms with E-state index in [9.17, 15) is 16.8 Å². The lowest BCUT2D eigenvalue weighted by molar-refractivity contribution is 0.250. The molecule has 0 unspecified atom stereocenters. The number of hydrogen-bond donors (Lipinski definition) is 2. The Hall–Kier alpha value is -3.48. The van der Waals surface area contributed by atoms with Gasteiger partial charge in [0.25, 0.3) is 20.2 Å². The summed E-state index contributed by atoms with van der Waals surface area (Å²) in [5.74, 6) is 0.715. The van der Waals surface area contributed by atoms with Crippen LogP contribution in [0.4, 0.5) is 0 Å². The normalized spacial score (nSPS) is 11.6. The molecule has 4 aromatic carbocycles. The van der Waals surface area contributed by atoms with E-state index in [1.807, 2.05) is 44.2 Å². The number of benzene rings is 4. The number of aromatic amines is 1. The fourth-order valence-corrected chi connectivity index (χ4v) is 6.08. The van der Waals surface area contributed by atoms with Crippen molar-refractivity contribution < 1.29 is 30.3 Å². The van der Waals surface area contributed by atoms with Gasteiger partial charge < -0.3 is 9.72 Å². The number of rotatable bonds is 10. The van der Waals surface area contributed by atoms with E-state index in [1.54, 1.807) is 36.4 Å². The lowest BCUT2D eigenvalue weighted by atomic mass is 10.1. The van der Waals surface area contributed by atoms with Crippen LogP contribution in [0.15, 0.2) is 111 Å². The molecule has 0 aliphatic rings. The van der Waals surface area contributed by atoms with Gasteiger partial charge in [-0.2, -0.15) is 16.8 Å². The zero-order chi connectivity index (χ0) is 31.0. The molecule has 11 heteroatoms. The van der Waals surface area contributed by atoms with Crippen molar-refractivity contribution in [1.29, 1.82) is 0 Å². The van der Waals surface area contributed by atoms with Crippen molar-refractivity contribution in [2.45, 2.75) is 36.5 Å². The molecule has 0 aliphatic carbocycles. The van der Waals surface area contributed by atoms with Gasteiger partial charge in [-0.15, -0.1) is 0 Å². The third kappa shape index (κ3) is 9.50. The number of nitrogens with one attached hydrogen (secondary N) is 1. The fraction of sp³-hybridized carbons (Fsp3) is 0.188. The second-order valence-electron chi connectivity index (χ2n) is 9.90. The van der Waals surface area contributed by atoms with Crippen molar-refractivity contribution in [3.8, 4) is 5.75 Å². The van der Waals surface area contributed by atoms with Gasteiger partial charge >= 0.3 is 0 Å². The molecule has 2 N–H and O–H groups in total. The molecule has 8 nitrogen and oxygen atoms in total. The zero-order valence-corrected chi connectivity index (χ0v) is 26.9. The number of para-hydroxylation sites is 1. The average molecular weight is 687 g/mol. The fourth-order valence-electron chi connectivity index (χ4n) is 4.11. The van der Waals surface area contributed by atoms with Gasteiger partial charge in [0, 0.05) is 24.1 Å². The van der Waals surface area contributed by atoms with Crippen molar-refractivity contribution in [3.05, 3.63) is 124 Å². The Kier molecular flexibility index (Phi) is 10.8. The minimum absolute atomic E-state index is 0.0618. The highest BCUT2D eigenvalue weighted by Crippen LogP contribution is 2.28. The summed E-state index contributed by atoms with van der Waals surface area (Å²) in [6.45, 7) is 4.16. The average Bonchev–Trinajstić information content (AvgIpc) is 3.36. The molecule has 0 aliphatic heterocycles. The largest absolute Gasteiger partial charge is 0.492 e. The maximum Gasteiger partial charge on any atom is 0.296 e. The molecule has 0 bridgehead atoms. The Balaban J connectivity index is 0.000000324. The van der Waals surface area contributed by atoms with E-state index in [4.69, 9.17) is 13.5 Å². The van der Waals surface area contributed by atoms with Crippen molar-refractivity contribution in [2.24, 2.45) is 0 Å². The second kappa shape index (κ2) is 14.3. The van der Waals surface area contributed by atoms with Crippen molar-refractivity contribution >= 4 is 47.1 Å². The summed E-state index contributed by atoms with van der Waals surface area (Å²) >= 11 is 3.57. The molecule has 0 atom stereocenters. The SMILES string of the molecule is Cc1ccc(S(=O)(=O)O)cc1.Cc1ccc(S(=O)(=O)OCCCOc2ccc(Cc3cc4ccccc4[nH]3)cc2Br)cc1. The number of aromatic nitrogens is 1. The van der Waals surface area contributed by atoms with E-state index in [0.29, 0.717) is 18.8 Å². The van der Waals surface area contributed by atoms with Crippen LogP contribution in [0.1, 0.15) is 28.8 Å². The minimum atomic E-state index is -4.02. The monoisotopic (exact) mass is 685 g/mol. The molecule has 1 aromatic heterocycles. The number of hydrogen-bond acceptors (Lipinski definition) is 6. The minimum Gasteiger partial charge on any atom is -0.492 e. The van der Waals surface area contributed by atoms with Gasteiger partial charge in [0.2, 0.25) is 0 Å². The van der Waals surface area contributed by atoms with E-state index in [2.05, 4.69) is 39.1 Å². The summed E-state index contributed by atoms with van der Waals surface area (Å²) in [5.41, 5.74) is 5.39. The number of fused-ring (bicyclic) bond motifs is 1. The molecule has 0 radical (unpaired) electrons. The summed E-state index contributed by atoms with van der Waals surface area (Å²) < 4.78 is 65.7. The first kappa shape index (κ1) is 32.4. The van der Waals surface area contributed by atoms with E-state index >= 15 is 0 Å². The predicted molar refractivity (Wildman–Crippen MR) is 171 cm³/mol. The lowest BCUT2D eigenvalue weighted by Crippen LogP contribution is -2.10. The molecule has 0 spiro atoms. The Bertz CT molecular complexity index is 1850. The van der Waals surface area contributed by atoms with Gasteiger partial charge in [-0.1, -0.05) is 59.7 Å². The quantitative estimate of drug-likeness (QED) is 0.0902. The van der Waals surface area contributed by atoms with Crippen molar-refractivity contribution in [2.75, 3.05) is 13.2 Å². The first-order valence-electron chi connectivity index (χ1n) is 13.4. The highest BCUT2D eigenvalue weighted by atomic mass is 79.9. The van der Waals surface area contributed by atoms with Crippen LogP contribution >= 0.6 is 15.9 Å². The Labute approximate surface area is 260 Å². The molecule has 226 valence electrons. The smallest absolute Gasteiger partial charge is 0.296 e. The van der Waals surface area contributed by atoms with E-state index in [1.165, 1.54) is 17.5 Å². The van der Waals surface area contributed by atoms with Crippen LogP contribution in [-0.2, 0) is 30.8 Å². The van der Waals surface area contributed by atoms with Crippen LogP contribution in [0.2, 0.25) is 0 Å². The van der Waals surface area contributed by atoms with Gasteiger partial charge in [0.1, 0.15) is 5.75 Å². The van der Waals surface area contributed by atoms with Crippen LogP contribution in [0, 0.1) is 13.8 Å². The third-order valence-electron chi connectivity index (χ3n) is 6.39. The van der Waals surface area contributed by atoms with E-state index in [0.717, 1.165) is 38.8 Å². The third-order valence-corrected chi connectivity index (χ3v) is 9.20. The topological polar surface area (TPSA) is 123 Å². The van der Waals surface area contributed by atoms with Crippen molar-refractivity contribution in [3.63, 3.8) is 0 Å². The summed E-state index contributed by atoms with van der Waals surface area (Å²) in [6, 6.07) is 29.0. The Morgan fingerprint density at radius 1 is 0.767 bits per heavy atom. The standard InChI is InChI=1S/C25H24BrNO4S.C7H8O3S/c1-18-7-10-22(11-8-18)32(28,29)31-14-4-13-30-25-12-9-19(16-23(25)26)15-21-17-20-5-2-3-6-24(20)27-21;1-6-2-4-7(5-3-6)11(8,9)10/h2-3,5-12,16-17,27H,4,13-15H2,1H3;2-5H,1H3,(H,8,9,10). The summed E-state index contributed by atoms with van der Waals surface area (Å²) in [6.07, 6.45) is 1.24. The van der Waals surface area contributed by atoms with Gasteiger partial charge in [-0.25, -0.2) is 0 Å². The molecule has 0 amide bonds. The van der Waals surface area contributed by atoms with E-state index in [-0.39, 0.29) is 16.4 Å². The summed E-state index contributed by atoms with van der Waals surface area (Å²) in [5, 5.41) is 1.20. The Morgan fingerprint density at radius 2 is 1.40 bits per heavy atom. The maximum absolute atomic E-state index is 12.2. The molecular formula is C32H32BrNO7S2. The van der Waals surface area contributed by atoms with Gasteiger partial charge in [0.15, 0.2) is 0 Å². The molecule has 5 rings (SSSR count).